The molecule has 1 saturated heterocycles. The molecule has 0 saturated carbocycles. The molecular weight excluding hydrogens is 230 g/mol. The summed E-state index contributed by atoms with van der Waals surface area (Å²) in [5, 5.41) is 0. The maximum atomic E-state index is 11.5. The van der Waals surface area contributed by atoms with Crippen LogP contribution in [-0.4, -0.2) is 31.2 Å². The zero-order chi connectivity index (χ0) is 13.1. The van der Waals surface area contributed by atoms with Crippen LogP contribution in [0, 0.1) is 5.92 Å². The fourth-order valence-electron chi connectivity index (χ4n) is 2.29. The van der Waals surface area contributed by atoms with Crippen LogP contribution in [0.3, 0.4) is 0 Å². The Balaban J connectivity index is 2.24. The summed E-state index contributed by atoms with van der Waals surface area (Å²) in [6.07, 6.45) is 2.31. The topological polar surface area (TPSA) is 68.5 Å². The lowest BCUT2D eigenvalue weighted by Gasteiger charge is -2.19. The third kappa shape index (κ3) is 2.39. The first kappa shape index (κ1) is 12.7. The smallest absolute Gasteiger partial charge is 0.356 e. The maximum absolute atomic E-state index is 11.5. The van der Waals surface area contributed by atoms with Gasteiger partial charge in [0.25, 0.3) is 0 Å². The largest absolute Gasteiger partial charge is 0.464 e. The van der Waals surface area contributed by atoms with Crippen LogP contribution in [0.4, 0.5) is 11.5 Å². The summed E-state index contributed by atoms with van der Waals surface area (Å²) in [6, 6.07) is 3.31. The lowest BCUT2D eigenvalue weighted by Crippen LogP contribution is -2.23. The number of hydrogen-bond donors (Lipinski definition) is 1. The number of carbonyl (C=O) groups is 1. The molecule has 1 unspecified atom stereocenters. The highest BCUT2D eigenvalue weighted by atomic mass is 16.5. The second-order valence-corrected chi connectivity index (χ2v) is 4.61. The van der Waals surface area contributed by atoms with E-state index in [9.17, 15) is 4.79 Å². The Morgan fingerprint density at radius 1 is 1.61 bits per heavy atom. The summed E-state index contributed by atoms with van der Waals surface area (Å²) in [5.41, 5.74) is 6.86. The molecule has 1 atom stereocenters. The number of nitrogens with zero attached hydrogens (tertiary/aromatic N) is 2. The molecule has 0 spiro atoms. The van der Waals surface area contributed by atoms with Gasteiger partial charge in [-0.1, -0.05) is 13.3 Å². The van der Waals surface area contributed by atoms with Crippen molar-refractivity contribution in [2.24, 2.45) is 5.92 Å². The molecule has 5 nitrogen and oxygen atoms in total. The number of esters is 1. The van der Waals surface area contributed by atoms with Crippen molar-refractivity contribution in [1.82, 2.24) is 4.98 Å². The summed E-state index contributed by atoms with van der Waals surface area (Å²) in [4.78, 5) is 17.9. The van der Waals surface area contributed by atoms with Gasteiger partial charge in [-0.25, -0.2) is 9.78 Å². The zero-order valence-corrected chi connectivity index (χ0v) is 10.8. The lowest BCUT2D eigenvalue weighted by atomic mass is 10.1. The number of nitrogens with two attached hydrogens (primary N) is 1. The van der Waals surface area contributed by atoms with Crippen LogP contribution in [0.2, 0.25) is 0 Å². The molecule has 1 fully saturated rings. The number of methoxy groups -OCH3 is 1. The van der Waals surface area contributed by atoms with Crippen LogP contribution < -0.4 is 10.6 Å². The van der Waals surface area contributed by atoms with Crippen molar-refractivity contribution in [3.05, 3.63) is 17.8 Å². The average Bonchev–Trinajstić information content (AvgIpc) is 2.87. The highest BCUT2D eigenvalue weighted by Gasteiger charge is 2.24. The Hall–Kier alpha value is -1.78. The van der Waals surface area contributed by atoms with Gasteiger partial charge in [-0.15, -0.1) is 0 Å². The second-order valence-electron chi connectivity index (χ2n) is 4.61. The number of nitrogen functional groups attached to an aromatic ring is 1. The Morgan fingerprint density at radius 3 is 3.00 bits per heavy atom. The molecule has 2 rings (SSSR count). The van der Waals surface area contributed by atoms with Crippen LogP contribution in [0.5, 0.6) is 0 Å². The second kappa shape index (κ2) is 5.25. The quantitative estimate of drug-likeness (QED) is 0.825. The highest BCUT2D eigenvalue weighted by Crippen LogP contribution is 2.28. The SMILES string of the molecule is CCC1CCN(c2nc(C(=O)OC)ccc2N)C1. The van der Waals surface area contributed by atoms with Gasteiger partial charge in [-0.3, -0.25) is 0 Å². The van der Waals surface area contributed by atoms with Gasteiger partial charge in [0.15, 0.2) is 11.5 Å². The molecule has 1 aromatic rings. The van der Waals surface area contributed by atoms with E-state index in [0.29, 0.717) is 23.1 Å². The van der Waals surface area contributed by atoms with Gasteiger partial charge in [0.1, 0.15) is 0 Å². The minimum Gasteiger partial charge on any atom is -0.464 e. The van der Waals surface area contributed by atoms with E-state index < -0.39 is 5.97 Å². The van der Waals surface area contributed by atoms with Crippen molar-refractivity contribution in [3.8, 4) is 0 Å². The van der Waals surface area contributed by atoms with Crippen LogP contribution in [0.15, 0.2) is 12.1 Å². The summed E-state index contributed by atoms with van der Waals surface area (Å²) >= 11 is 0. The van der Waals surface area contributed by atoms with E-state index >= 15 is 0 Å². The predicted molar refractivity (Wildman–Crippen MR) is 70.6 cm³/mol. The molecule has 0 aliphatic carbocycles. The first-order chi connectivity index (χ1) is 8.65. The third-order valence-electron chi connectivity index (χ3n) is 3.46. The van der Waals surface area contributed by atoms with Gasteiger partial charge in [0.05, 0.1) is 12.8 Å². The summed E-state index contributed by atoms with van der Waals surface area (Å²) < 4.78 is 4.68. The van der Waals surface area contributed by atoms with E-state index in [-0.39, 0.29) is 0 Å². The molecule has 2 heterocycles. The summed E-state index contributed by atoms with van der Waals surface area (Å²) in [6.45, 7) is 4.09. The number of hydrogen-bond acceptors (Lipinski definition) is 5. The van der Waals surface area contributed by atoms with Crippen molar-refractivity contribution in [3.63, 3.8) is 0 Å². The van der Waals surface area contributed by atoms with Crippen molar-refractivity contribution < 1.29 is 9.53 Å². The number of anilines is 2. The van der Waals surface area contributed by atoms with Gasteiger partial charge in [0, 0.05) is 13.1 Å². The number of ether oxygens (including phenoxy) is 1. The molecule has 0 amide bonds. The standard InChI is InChI=1S/C13H19N3O2/c1-3-9-6-7-16(8-9)12-10(14)4-5-11(15-12)13(17)18-2/h4-5,9H,3,6-8,14H2,1-2H3. The molecule has 0 aromatic carbocycles. The van der Waals surface area contributed by atoms with E-state index in [0.717, 1.165) is 25.9 Å². The predicted octanol–water partition coefficient (Wildman–Crippen LogP) is 1.69. The fourth-order valence-corrected chi connectivity index (χ4v) is 2.29. The molecule has 1 aromatic heterocycles. The molecule has 5 heteroatoms. The number of pyridine rings is 1. The number of rotatable bonds is 3. The summed E-state index contributed by atoms with van der Waals surface area (Å²) in [7, 11) is 1.35. The molecular formula is C13H19N3O2. The fraction of sp³-hybridized carbons (Fsp3) is 0.538. The number of aromatic nitrogens is 1. The van der Waals surface area contributed by atoms with Gasteiger partial charge in [0.2, 0.25) is 0 Å². The van der Waals surface area contributed by atoms with Crippen LogP contribution in [0.25, 0.3) is 0 Å². The Kier molecular flexibility index (Phi) is 3.69. The van der Waals surface area contributed by atoms with Crippen LogP contribution >= 0.6 is 0 Å². The Bertz CT molecular complexity index is 448. The van der Waals surface area contributed by atoms with E-state index in [1.165, 1.54) is 7.11 Å². The first-order valence-electron chi connectivity index (χ1n) is 6.25. The van der Waals surface area contributed by atoms with E-state index in [1.54, 1.807) is 12.1 Å². The van der Waals surface area contributed by atoms with Crippen LogP contribution in [0.1, 0.15) is 30.3 Å². The minimum absolute atomic E-state index is 0.307. The van der Waals surface area contributed by atoms with Gasteiger partial charge < -0.3 is 15.4 Å². The molecule has 98 valence electrons. The lowest BCUT2D eigenvalue weighted by molar-refractivity contribution is 0.0594. The van der Waals surface area contributed by atoms with E-state index in [4.69, 9.17) is 5.73 Å². The van der Waals surface area contributed by atoms with Crippen molar-refractivity contribution in [1.29, 1.82) is 0 Å². The molecule has 18 heavy (non-hydrogen) atoms. The third-order valence-corrected chi connectivity index (χ3v) is 3.46. The van der Waals surface area contributed by atoms with Crippen molar-refractivity contribution in [2.45, 2.75) is 19.8 Å². The Morgan fingerprint density at radius 2 is 2.39 bits per heavy atom. The Labute approximate surface area is 107 Å². The minimum atomic E-state index is -0.428. The molecule has 1 aliphatic heterocycles. The molecule has 1 aliphatic rings. The maximum Gasteiger partial charge on any atom is 0.356 e. The van der Waals surface area contributed by atoms with Crippen molar-refractivity contribution in [2.75, 3.05) is 30.8 Å². The summed E-state index contributed by atoms with van der Waals surface area (Å²) in [5.74, 6) is 0.962. The van der Waals surface area contributed by atoms with Crippen LogP contribution in [-0.2, 0) is 4.74 Å². The van der Waals surface area contributed by atoms with Crippen molar-refractivity contribution >= 4 is 17.5 Å². The average molecular weight is 249 g/mol. The zero-order valence-electron chi connectivity index (χ0n) is 10.8. The van der Waals surface area contributed by atoms with E-state index in [2.05, 4.69) is 21.5 Å². The number of carbonyl (C=O) groups excluding carboxylic acids is 1. The van der Waals surface area contributed by atoms with E-state index in [1.807, 2.05) is 0 Å². The molecule has 2 N–H and O–H groups in total. The van der Waals surface area contributed by atoms with Gasteiger partial charge >= 0.3 is 5.97 Å². The molecule has 0 radical (unpaired) electrons. The highest BCUT2D eigenvalue weighted by molar-refractivity contribution is 5.88. The van der Waals surface area contributed by atoms with Gasteiger partial charge in [-0.05, 0) is 24.5 Å². The first-order valence-corrected chi connectivity index (χ1v) is 6.25. The normalized spacial score (nSPS) is 19.0. The monoisotopic (exact) mass is 249 g/mol. The van der Waals surface area contributed by atoms with Gasteiger partial charge in [-0.2, -0.15) is 0 Å². The molecule has 0 bridgehead atoms.